The molecule has 0 aromatic rings. The van der Waals surface area contributed by atoms with E-state index in [1.807, 2.05) is 0 Å². The molecule has 0 heterocycles. The van der Waals surface area contributed by atoms with Crippen molar-refractivity contribution in [2.45, 2.75) is 24.8 Å². The molecule has 0 spiro atoms. The Morgan fingerprint density at radius 1 is 1.60 bits per heavy atom. The zero-order valence-corrected chi connectivity index (χ0v) is 6.25. The first-order valence-corrected chi connectivity index (χ1v) is 3.99. The van der Waals surface area contributed by atoms with Crippen molar-refractivity contribution in [2.24, 2.45) is 11.3 Å². The molecule has 2 nitrogen and oxygen atoms in total. The Bertz CT molecular complexity index is 158. The van der Waals surface area contributed by atoms with Crippen LogP contribution in [0.4, 0.5) is 0 Å². The van der Waals surface area contributed by atoms with Gasteiger partial charge in [-0.2, -0.15) is 0 Å². The Labute approximate surface area is 61.7 Å². The van der Waals surface area contributed by atoms with Gasteiger partial charge in [-0.15, -0.1) is 0 Å². The Morgan fingerprint density at radius 2 is 2.30 bits per heavy atom. The fourth-order valence-corrected chi connectivity index (χ4v) is 2.54. The van der Waals surface area contributed by atoms with E-state index >= 15 is 0 Å². The lowest BCUT2D eigenvalue weighted by atomic mass is 9.83. The summed E-state index contributed by atoms with van der Waals surface area (Å²) >= 11 is 0. The molecule has 2 saturated carbocycles. The molecule has 10 heavy (non-hydrogen) atoms. The van der Waals surface area contributed by atoms with Crippen LogP contribution in [0.1, 0.15) is 12.8 Å². The number of aliphatic hydroxyl groups excluding tert-OH is 2. The van der Waals surface area contributed by atoms with E-state index in [1.54, 1.807) is 0 Å². The average molecular weight is 140 g/mol. The van der Waals surface area contributed by atoms with Gasteiger partial charge in [0.25, 0.3) is 0 Å². The van der Waals surface area contributed by atoms with Crippen LogP contribution in [-0.2, 0) is 0 Å². The molecule has 2 aliphatic rings. The van der Waals surface area contributed by atoms with E-state index in [0.29, 0.717) is 11.7 Å². The van der Waals surface area contributed by atoms with Crippen LogP contribution in [-0.4, -0.2) is 30.8 Å². The lowest BCUT2D eigenvalue weighted by molar-refractivity contribution is 0.0612. The van der Waals surface area contributed by atoms with Gasteiger partial charge in [0, 0.05) is 5.41 Å². The standard InChI is InChI=1S/C7H13BO2/c8-5-1-6(10)7(3-9)2-4(5)7/h4-6,9-10H,1-3,8H2/t4-,5+,6+,7-/m1/s1. The molecule has 0 radical (unpaired) electrons. The van der Waals surface area contributed by atoms with Crippen molar-refractivity contribution in [2.75, 3.05) is 6.61 Å². The Balaban J connectivity index is 2.16. The van der Waals surface area contributed by atoms with Crippen molar-refractivity contribution in [3.05, 3.63) is 0 Å². The molecule has 0 amide bonds. The monoisotopic (exact) mass is 140 g/mol. The van der Waals surface area contributed by atoms with Crippen molar-refractivity contribution in [1.29, 1.82) is 0 Å². The predicted octanol–water partition coefficient (Wildman–Crippen LogP) is -0.829. The molecule has 0 aliphatic heterocycles. The number of fused-ring (bicyclic) bond motifs is 1. The first kappa shape index (κ1) is 6.68. The molecular formula is C7H13BO2. The molecule has 2 fully saturated rings. The molecule has 0 bridgehead atoms. The highest BCUT2D eigenvalue weighted by Crippen LogP contribution is 2.67. The number of hydrogen-bond acceptors (Lipinski definition) is 2. The van der Waals surface area contributed by atoms with Crippen LogP contribution in [0.3, 0.4) is 0 Å². The van der Waals surface area contributed by atoms with Crippen LogP contribution in [0.5, 0.6) is 0 Å². The van der Waals surface area contributed by atoms with E-state index in [2.05, 4.69) is 7.85 Å². The van der Waals surface area contributed by atoms with Gasteiger partial charge in [0.15, 0.2) is 0 Å². The molecule has 2 aliphatic carbocycles. The van der Waals surface area contributed by atoms with E-state index in [9.17, 15) is 5.11 Å². The van der Waals surface area contributed by atoms with Crippen molar-refractivity contribution >= 4 is 7.85 Å². The first-order valence-electron chi connectivity index (χ1n) is 3.99. The van der Waals surface area contributed by atoms with E-state index in [1.165, 1.54) is 0 Å². The number of aliphatic hydroxyl groups is 2. The normalized spacial score (nSPS) is 58.4. The Kier molecular flexibility index (Phi) is 1.18. The van der Waals surface area contributed by atoms with E-state index in [4.69, 9.17) is 5.11 Å². The van der Waals surface area contributed by atoms with E-state index < -0.39 is 0 Å². The molecule has 2 N–H and O–H groups in total. The van der Waals surface area contributed by atoms with Crippen LogP contribution in [0.25, 0.3) is 0 Å². The second-order valence-corrected chi connectivity index (χ2v) is 3.93. The maximum atomic E-state index is 9.50. The second-order valence-electron chi connectivity index (χ2n) is 3.93. The molecule has 0 saturated heterocycles. The fourth-order valence-electron chi connectivity index (χ4n) is 2.54. The summed E-state index contributed by atoms with van der Waals surface area (Å²) in [5.41, 5.74) is -0.0561. The van der Waals surface area contributed by atoms with Gasteiger partial charge in [-0.05, 0) is 18.8 Å². The maximum absolute atomic E-state index is 9.50. The van der Waals surface area contributed by atoms with Gasteiger partial charge in [0.05, 0.1) is 12.7 Å². The van der Waals surface area contributed by atoms with Gasteiger partial charge >= 0.3 is 0 Å². The van der Waals surface area contributed by atoms with Gasteiger partial charge < -0.3 is 10.2 Å². The summed E-state index contributed by atoms with van der Waals surface area (Å²) in [5, 5.41) is 18.5. The molecule has 0 aromatic heterocycles. The number of rotatable bonds is 1. The van der Waals surface area contributed by atoms with Crippen LogP contribution in [0.2, 0.25) is 5.82 Å². The summed E-state index contributed by atoms with van der Waals surface area (Å²) in [6, 6.07) is 0. The summed E-state index contributed by atoms with van der Waals surface area (Å²) in [4.78, 5) is 0. The van der Waals surface area contributed by atoms with Gasteiger partial charge in [0.2, 0.25) is 0 Å². The van der Waals surface area contributed by atoms with E-state index in [-0.39, 0.29) is 18.1 Å². The zero-order chi connectivity index (χ0) is 7.35. The van der Waals surface area contributed by atoms with Gasteiger partial charge in [-0.25, -0.2) is 0 Å². The Hall–Kier alpha value is -0.0151. The maximum Gasteiger partial charge on any atom is 0.105 e. The summed E-state index contributed by atoms with van der Waals surface area (Å²) < 4.78 is 0. The largest absolute Gasteiger partial charge is 0.396 e. The van der Waals surface area contributed by atoms with Crippen LogP contribution < -0.4 is 0 Å². The highest BCUT2D eigenvalue weighted by Gasteiger charge is 2.64. The van der Waals surface area contributed by atoms with Crippen LogP contribution >= 0.6 is 0 Å². The van der Waals surface area contributed by atoms with Gasteiger partial charge in [0.1, 0.15) is 7.85 Å². The lowest BCUT2D eigenvalue weighted by Gasteiger charge is -2.14. The van der Waals surface area contributed by atoms with E-state index in [0.717, 1.165) is 12.8 Å². The second kappa shape index (κ2) is 1.77. The van der Waals surface area contributed by atoms with Gasteiger partial charge in [-0.3, -0.25) is 0 Å². The quantitative estimate of drug-likeness (QED) is 0.466. The molecule has 4 atom stereocenters. The Morgan fingerprint density at radius 3 is 2.50 bits per heavy atom. The van der Waals surface area contributed by atoms with Crippen LogP contribution in [0, 0.1) is 11.3 Å². The average Bonchev–Trinajstić information content (AvgIpc) is 2.57. The SMILES string of the molecule is B[C@H]1C[C@H](O)[C@@]2(CO)C[C@H]12. The summed E-state index contributed by atoms with van der Waals surface area (Å²) in [5.74, 6) is 1.25. The van der Waals surface area contributed by atoms with Crippen LogP contribution in [0.15, 0.2) is 0 Å². The van der Waals surface area contributed by atoms with Crippen molar-refractivity contribution < 1.29 is 10.2 Å². The smallest absolute Gasteiger partial charge is 0.105 e. The van der Waals surface area contributed by atoms with Crippen molar-refractivity contribution in [1.82, 2.24) is 0 Å². The predicted molar refractivity (Wildman–Crippen MR) is 40.5 cm³/mol. The highest BCUT2D eigenvalue weighted by molar-refractivity contribution is 6.12. The minimum Gasteiger partial charge on any atom is -0.396 e. The minimum absolute atomic E-state index is 0.0561. The molecule has 2 rings (SSSR count). The summed E-state index contributed by atoms with van der Waals surface area (Å²) in [6.45, 7) is 0.184. The summed E-state index contributed by atoms with van der Waals surface area (Å²) in [7, 11) is 2.16. The number of hydrogen-bond donors (Lipinski definition) is 2. The minimum atomic E-state index is -0.225. The van der Waals surface area contributed by atoms with Gasteiger partial charge in [-0.1, -0.05) is 5.82 Å². The van der Waals surface area contributed by atoms with Crippen molar-refractivity contribution in [3.8, 4) is 0 Å². The molecule has 0 unspecified atom stereocenters. The third-order valence-corrected chi connectivity index (χ3v) is 3.42. The first-order chi connectivity index (χ1) is 4.70. The molecule has 0 aromatic carbocycles. The van der Waals surface area contributed by atoms with Crippen molar-refractivity contribution in [3.63, 3.8) is 0 Å². The highest BCUT2D eigenvalue weighted by atomic mass is 16.3. The molecular weight excluding hydrogens is 127 g/mol. The lowest BCUT2D eigenvalue weighted by Crippen LogP contribution is -2.22. The summed E-state index contributed by atoms with van der Waals surface area (Å²) in [6.07, 6.45) is 1.72. The molecule has 3 heteroatoms. The third-order valence-electron chi connectivity index (χ3n) is 3.42. The molecule has 56 valence electrons. The third kappa shape index (κ3) is 0.577. The zero-order valence-electron chi connectivity index (χ0n) is 6.25. The topological polar surface area (TPSA) is 40.5 Å². The fraction of sp³-hybridized carbons (Fsp3) is 1.00.